The Morgan fingerprint density at radius 2 is 2.09 bits per heavy atom. The summed E-state index contributed by atoms with van der Waals surface area (Å²) in [6.07, 6.45) is 3.84. The molecule has 1 aromatic carbocycles. The van der Waals surface area contributed by atoms with Gasteiger partial charge in [0.05, 0.1) is 11.0 Å². The third-order valence-electron chi connectivity index (χ3n) is 4.06. The van der Waals surface area contributed by atoms with Crippen molar-refractivity contribution in [3.05, 3.63) is 36.2 Å². The normalized spacial score (nSPS) is 11.7. The molecule has 0 fully saturated rings. The summed E-state index contributed by atoms with van der Waals surface area (Å²) in [5.74, 6) is 2.15. The van der Waals surface area contributed by atoms with Crippen LogP contribution in [0.5, 0.6) is 0 Å². The van der Waals surface area contributed by atoms with Crippen molar-refractivity contribution in [1.29, 1.82) is 0 Å². The minimum atomic E-state index is 0.508. The van der Waals surface area contributed by atoms with Crippen LogP contribution >= 0.6 is 0 Å². The smallest absolute Gasteiger partial charge is 0.152 e. The molecule has 0 aliphatic rings. The maximum atomic E-state index is 6.21. The lowest BCUT2D eigenvalue weighted by molar-refractivity contribution is 0.516. The van der Waals surface area contributed by atoms with Gasteiger partial charge in [-0.2, -0.15) is 0 Å². The van der Waals surface area contributed by atoms with E-state index in [2.05, 4.69) is 49.0 Å². The topological polar surface area (TPSA) is 56.7 Å². The molecule has 4 nitrogen and oxygen atoms in total. The second-order valence-corrected chi connectivity index (χ2v) is 6.46. The van der Waals surface area contributed by atoms with Gasteiger partial charge in [-0.25, -0.2) is 9.97 Å². The maximum absolute atomic E-state index is 6.21. The zero-order valence-electron chi connectivity index (χ0n) is 14.1. The van der Waals surface area contributed by atoms with E-state index in [1.54, 1.807) is 0 Å². The number of rotatable bonds is 5. The van der Waals surface area contributed by atoms with Crippen LogP contribution in [-0.2, 0) is 13.0 Å². The Bertz CT molecular complexity index is 874. The summed E-state index contributed by atoms with van der Waals surface area (Å²) in [6, 6.07) is 6.21. The number of pyridine rings is 1. The number of fused-ring (bicyclic) bond motifs is 3. The molecule has 2 N–H and O–H groups in total. The Morgan fingerprint density at radius 3 is 2.74 bits per heavy atom. The molecule has 2 heterocycles. The second kappa shape index (κ2) is 6.03. The minimum absolute atomic E-state index is 0.508. The zero-order valence-corrected chi connectivity index (χ0v) is 14.1. The van der Waals surface area contributed by atoms with Crippen LogP contribution in [0.15, 0.2) is 24.8 Å². The molecule has 120 valence electrons. The number of nitrogens with zero attached hydrogens (tertiary/aromatic N) is 3. The first-order chi connectivity index (χ1) is 11.0. The van der Waals surface area contributed by atoms with E-state index in [-0.39, 0.29) is 0 Å². The van der Waals surface area contributed by atoms with Crippen molar-refractivity contribution in [2.45, 2.75) is 40.2 Å². The van der Waals surface area contributed by atoms with Gasteiger partial charge in [0, 0.05) is 18.4 Å². The molecule has 0 aliphatic heterocycles. The van der Waals surface area contributed by atoms with Gasteiger partial charge in [-0.15, -0.1) is 0 Å². The Morgan fingerprint density at radius 1 is 1.30 bits per heavy atom. The van der Waals surface area contributed by atoms with Crippen LogP contribution in [-0.4, -0.2) is 14.5 Å². The average Bonchev–Trinajstić information content (AvgIpc) is 2.86. The molecule has 0 bridgehead atoms. The molecule has 0 atom stereocenters. The van der Waals surface area contributed by atoms with Gasteiger partial charge in [0.2, 0.25) is 0 Å². The van der Waals surface area contributed by atoms with Gasteiger partial charge in [-0.05, 0) is 24.0 Å². The van der Waals surface area contributed by atoms with Crippen molar-refractivity contribution < 1.29 is 0 Å². The quantitative estimate of drug-likeness (QED) is 0.759. The largest absolute Gasteiger partial charge is 0.382 e. The number of nitrogen functional groups attached to an aromatic ring is 1. The van der Waals surface area contributed by atoms with Crippen LogP contribution < -0.4 is 5.73 Å². The number of aryl methyl sites for hydroxylation is 1. The fourth-order valence-corrected chi connectivity index (χ4v) is 3.08. The number of aromatic nitrogens is 3. The number of nitrogens with two attached hydrogens (primary N) is 1. The second-order valence-electron chi connectivity index (χ2n) is 6.46. The first kappa shape index (κ1) is 15.5. The van der Waals surface area contributed by atoms with Crippen molar-refractivity contribution in [3.8, 4) is 0 Å². The van der Waals surface area contributed by atoms with Crippen molar-refractivity contribution in [2.24, 2.45) is 5.92 Å². The highest BCUT2D eigenvalue weighted by Crippen LogP contribution is 2.30. The predicted octanol–water partition coefficient (Wildman–Crippen LogP) is 4.42. The van der Waals surface area contributed by atoms with E-state index in [0.29, 0.717) is 11.7 Å². The van der Waals surface area contributed by atoms with E-state index in [0.717, 1.165) is 52.7 Å². The van der Waals surface area contributed by atoms with E-state index >= 15 is 0 Å². The molecule has 3 rings (SSSR count). The van der Waals surface area contributed by atoms with Gasteiger partial charge in [0.25, 0.3) is 0 Å². The Hall–Kier alpha value is -2.36. The fraction of sp³-hybridized carbons (Fsp3) is 0.368. The summed E-state index contributed by atoms with van der Waals surface area (Å²) < 4.78 is 2.33. The van der Waals surface area contributed by atoms with Gasteiger partial charge in [0.15, 0.2) is 5.82 Å². The average molecular weight is 308 g/mol. The Kier molecular flexibility index (Phi) is 4.07. The molecule has 0 unspecified atom stereocenters. The predicted molar refractivity (Wildman–Crippen MR) is 98.4 cm³/mol. The lowest BCUT2D eigenvalue weighted by Gasteiger charge is -2.13. The third kappa shape index (κ3) is 2.69. The Balaban J connectivity index is 2.39. The van der Waals surface area contributed by atoms with E-state index in [1.807, 2.05) is 12.1 Å². The molecule has 0 saturated carbocycles. The monoisotopic (exact) mass is 308 g/mol. The van der Waals surface area contributed by atoms with Crippen LogP contribution in [0.2, 0.25) is 0 Å². The number of hydrogen-bond acceptors (Lipinski definition) is 3. The van der Waals surface area contributed by atoms with Gasteiger partial charge in [-0.1, -0.05) is 45.6 Å². The Labute approximate surface area is 137 Å². The molecular weight excluding hydrogens is 284 g/mol. The summed E-state index contributed by atoms with van der Waals surface area (Å²) >= 11 is 0. The lowest BCUT2D eigenvalue weighted by atomic mass is 10.1. The van der Waals surface area contributed by atoms with E-state index in [9.17, 15) is 0 Å². The van der Waals surface area contributed by atoms with Crippen molar-refractivity contribution in [2.75, 3.05) is 5.73 Å². The van der Waals surface area contributed by atoms with Crippen LogP contribution in [0.25, 0.3) is 28.0 Å². The molecular formula is C19H24N4. The minimum Gasteiger partial charge on any atom is -0.382 e. The van der Waals surface area contributed by atoms with Crippen LogP contribution in [0, 0.1) is 5.92 Å². The maximum Gasteiger partial charge on any atom is 0.152 e. The molecule has 3 aromatic rings. The number of imidazole rings is 1. The van der Waals surface area contributed by atoms with Gasteiger partial charge < -0.3 is 10.3 Å². The highest BCUT2D eigenvalue weighted by atomic mass is 15.1. The third-order valence-corrected chi connectivity index (χ3v) is 4.06. The van der Waals surface area contributed by atoms with Crippen LogP contribution in [0.3, 0.4) is 0 Å². The zero-order chi connectivity index (χ0) is 16.6. The van der Waals surface area contributed by atoms with E-state index in [1.165, 1.54) is 0 Å². The van der Waals surface area contributed by atoms with Crippen LogP contribution in [0.1, 0.15) is 38.6 Å². The lowest BCUT2D eigenvalue weighted by Crippen LogP contribution is -2.09. The van der Waals surface area contributed by atoms with Gasteiger partial charge in [0.1, 0.15) is 11.3 Å². The van der Waals surface area contributed by atoms with Crippen molar-refractivity contribution >= 4 is 33.8 Å². The SMILES string of the molecule is C=Cc1ccc2c(c1)nc(N)c1nc(CCC)n(CC(C)C)c12. The molecule has 23 heavy (non-hydrogen) atoms. The highest BCUT2D eigenvalue weighted by molar-refractivity contribution is 6.07. The molecule has 2 aromatic heterocycles. The fourth-order valence-electron chi connectivity index (χ4n) is 3.08. The molecule has 0 radical (unpaired) electrons. The highest BCUT2D eigenvalue weighted by Gasteiger charge is 2.17. The molecule has 4 heteroatoms. The molecule has 0 aliphatic carbocycles. The number of benzene rings is 1. The van der Waals surface area contributed by atoms with Gasteiger partial charge >= 0.3 is 0 Å². The molecule has 0 saturated heterocycles. The number of hydrogen-bond donors (Lipinski definition) is 1. The summed E-state index contributed by atoms with van der Waals surface area (Å²) in [4.78, 5) is 9.36. The first-order valence-electron chi connectivity index (χ1n) is 8.26. The molecule has 0 amide bonds. The van der Waals surface area contributed by atoms with E-state index < -0.39 is 0 Å². The first-order valence-corrected chi connectivity index (χ1v) is 8.26. The summed E-state index contributed by atoms with van der Waals surface area (Å²) in [5.41, 5.74) is 10.1. The van der Waals surface area contributed by atoms with Crippen molar-refractivity contribution in [3.63, 3.8) is 0 Å². The van der Waals surface area contributed by atoms with Gasteiger partial charge in [-0.3, -0.25) is 0 Å². The molecule has 0 spiro atoms. The standard InChI is InChI=1S/C19H24N4/c1-5-7-16-22-17-18(23(16)11-12(3)4)14-9-8-13(6-2)10-15(14)21-19(17)20/h6,8-10,12H,2,5,7,11H2,1,3-4H3,(H2,20,21). The summed E-state index contributed by atoms with van der Waals surface area (Å²) in [7, 11) is 0. The van der Waals surface area contributed by atoms with E-state index in [4.69, 9.17) is 10.7 Å². The summed E-state index contributed by atoms with van der Waals surface area (Å²) in [5, 5.41) is 1.11. The van der Waals surface area contributed by atoms with Crippen LogP contribution in [0.4, 0.5) is 5.82 Å². The van der Waals surface area contributed by atoms with Crippen molar-refractivity contribution in [1.82, 2.24) is 14.5 Å². The number of anilines is 1. The summed E-state index contributed by atoms with van der Waals surface area (Å²) in [6.45, 7) is 11.4.